The van der Waals surface area contributed by atoms with Crippen LogP contribution in [-0.2, 0) is 4.79 Å². The second-order valence-electron chi connectivity index (χ2n) is 7.90. The number of aliphatic hydroxyl groups is 1. The van der Waals surface area contributed by atoms with E-state index >= 15 is 0 Å². The molecule has 0 saturated heterocycles. The number of ether oxygens (including phenoxy) is 1. The molecule has 1 aromatic heterocycles. The van der Waals surface area contributed by atoms with Crippen LogP contribution in [0.15, 0.2) is 47.3 Å². The maximum absolute atomic E-state index is 14.3. The summed E-state index contributed by atoms with van der Waals surface area (Å²) in [4.78, 5) is 28.5. The van der Waals surface area contributed by atoms with Gasteiger partial charge in [-0.15, -0.1) is 0 Å². The molecule has 1 atom stereocenters. The first-order chi connectivity index (χ1) is 15.9. The first-order valence-corrected chi connectivity index (χ1v) is 11.6. The van der Waals surface area contributed by atoms with Crippen molar-refractivity contribution in [3.8, 4) is 22.9 Å². The number of anilines is 1. The SMILES string of the molecule is O=C(Nc1ccc(I)cc1F)[C@H](CC1CC1)n1c(O)c(-c2ccc(OCCO)cc2)[nH]c1=O. The Kier molecular flexibility index (Phi) is 7.03. The fourth-order valence-corrected chi connectivity index (χ4v) is 4.07. The predicted octanol–water partition coefficient (Wildman–Crippen LogP) is 3.64. The number of hydrogen-bond acceptors (Lipinski definition) is 5. The summed E-state index contributed by atoms with van der Waals surface area (Å²) in [5.74, 6) is -0.726. The van der Waals surface area contributed by atoms with Gasteiger partial charge in [0.1, 0.15) is 29.9 Å². The highest BCUT2D eigenvalue weighted by Crippen LogP contribution is 2.39. The minimum Gasteiger partial charge on any atom is -0.493 e. The summed E-state index contributed by atoms with van der Waals surface area (Å²) in [5.41, 5.74) is 0.0756. The van der Waals surface area contributed by atoms with Crippen LogP contribution >= 0.6 is 22.6 Å². The molecule has 2 aromatic carbocycles. The topological polar surface area (TPSA) is 117 Å². The van der Waals surface area contributed by atoms with Crippen molar-refractivity contribution in [1.29, 1.82) is 0 Å². The van der Waals surface area contributed by atoms with E-state index in [4.69, 9.17) is 9.84 Å². The van der Waals surface area contributed by atoms with Gasteiger partial charge < -0.3 is 25.3 Å². The van der Waals surface area contributed by atoms with Gasteiger partial charge in [0.05, 0.1) is 12.3 Å². The second kappa shape index (κ2) is 9.96. The number of aliphatic hydroxyl groups excluding tert-OH is 1. The summed E-state index contributed by atoms with van der Waals surface area (Å²) in [6.07, 6.45) is 2.23. The van der Waals surface area contributed by atoms with Gasteiger partial charge in [-0.1, -0.05) is 12.8 Å². The van der Waals surface area contributed by atoms with E-state index in [0.717, 1.165) is 17.4 Å². The van der Waals surface area contributed by atoms with Gasteiger partial charge in [-0.2, -0.15) is 0 Å². The van der Waals surface area contributed by atoms with Crippen molar-refractivity contribution < 1.29 is 24.1 Å². The number of halogens is 2. The Balaban J connectivity index is 1.63. The summed E-state index contributed by atoms with van der Waals surface area (Å²) in [7, 11) is 0. The van der Waals surface area contributed by atoms with Crippen LogP contribution < -0.4 is 15.7 Å². The zero-order valence-electron chi connectivity index (χ0n) is 17.6. The highest BCUT2D eigenvalue weighted by molar-refractivity contribution is 14.1. The third kappa shape index (κ3) is 5.38. The van der Waals surface area contributed by atoms with Gasteiger partial charge in [-0.05, 0) is 77.4 Å². The monoisotopic (exact) mass is 567 g/mol. The number of hydrogen-bond donors (Lipinski definition) is 4. The van der Waals surface area contributed by atoms with Crippen molar-refractivity contribution in [3.05, 3.63) is 62.3 Å². The summed E-state index contributed by atoms with van der Waals surface area (Å²) >= 11 is 1.97. The van der Waals surface area contributed by atoms with Crippen LogP contribution in [0.1, 0.15) is 25.3 Å². The summed E-state index contributed by atoms with van der Waals surface area (Å²) in [6.45, 7) is 0.0339. The zero-order chi connectivity index (χ0) is 23.5. The molecule has 1 amide bonds. The van der Waals surface area contributed by atoms with Crippen molar-refractivity contribution >= 4 is 34.2 Å². The van der Waals surface area contributed by atoms with Crippen molar-refractivity contribution in [2.24, 2.45) is 5.92 Å². The molecule has 8 nitrogen and oxygen atoms in total. The molecule has 0 bridgehead atoms. The average Bonchev–Trinajstić information content (AvgIpc) is 3.57. The van der Waals surface area contributed by atoms with Crippen molar-refractivity contribution in [2.75, 3.05) is 18.5 Å². The molecular formula is C23H23FIN3O5. The largest absolute Gasteiger partial charge is 0.493 e. The molecular weight excluding hydrogens is 544 g/mol. The molecule has 10 heteroatoms. The number of nitrogens with one attached hydrogen (secondary N) is 2. The lowest BCUT2D eigenvalue weighted by Crippen LogP contribution is -2.32. The summed E-state index contributed by atoms with van der Waals surface area (Å²) < 4.78 is 21.3. The number of imidazole rings is 1. The molecule has 4 rings (SSSR count). The first-order valence-electron chi connectivity index (χ1n) is 10.5. The van der Waals surface area contributed by atoms with Gasteiger partial charge in [0, 0.05) is 9.13 Å². The van der Waals surface area contributed by atoms with Gasteiger partial charge in [0.2, 0.25) is 11.8 Å². The third-order valence-electron chi connectivity index (χ3n) is 5.46. The van der Waals surface area contributed by atoms with Gasteiger partial charge in [0.15, 0.2) is 0 Å². The van der Waals surface area contributed by atoms with Gasteiger partial charge in [-0.3, -0.25) is 9.36 Å². The number of nitrogens with zero attached hydrogens (tertiary/aromatic N) is 1. The highest BCUT2D eigenvalue weighted by atomic mass is 127. The second-order valence-corrected chi connectivity index (χ2v) is 9.15. The molecule has 33 heavy (non-hydrogen) atoms. The van der Waals surface area contributed by atoms with Crippen molar-refractivity contribution in [2.45, 2.75) is 25.3 Å². The fourth-order valence-electron chi connectivity index (χ4n) is 3.62. The van der Waals surface area contributed by atoms with E-state index in [9.17, 15) is 19.1 Å². The molecule has 0 spiro atoms. The molecule has 1 fully saturated rings. The molecule has 1 heterocycles. The maximum atomic E-state index is 14.3. The standard InChI is InChI=1S/C23H23FIN3O5/c24-17-12-15(25)5-8-18(17)26-21(30)19(11-13-1-2-13)28-22(31)20(27-23(28)32)14-3-6-16(7-4-14)33-10-9-29/h3-8,12-13,19,29,31H,1-2,9-11H2,(H,26,30)(H,27,32)/t19-/m0/s1. The molecule has 0 unspecified atom stereocenters. The highest BCUT2D eigenvalue weighted by Gasteiger charge is 2.34. The lowest BCUT2D eigenvalue weighted by molar-refractivity contribution is -0.119. The number of amides is 1. The smallest absolute Gasteiger partial charge is 0.329 e. The van der Waals surface area contributed by atoms with Crippen LogP contribution in [0.25, 0.3) is 11.3 Å². The number of aromatic amines is 1. The van der Waals surface area contributed by atoms with E-state index in [0.29, 0.717) is 21.3 Å². The molecule has 174 valence electrons. The molecule has 0 aliphatic heterocycles. The number of benzene rings is 2. The van der Waals surface area contributed by atoms with E-state index in [2.05, 4.69) is 10.3 Å². The van der Waals surface area contributed by atoms with Crippen molar-refractivity contribution in [3.63, 3.8) is 0 Å². The number of aromatic hydroxyl groups is 1. The lowest BCUT2D eigenvalue weighted by Gasteiger charge is -2.18. The summed E-state index contributed by atoms with van der Waals surface area (Å²) in [6, 6.07) is 10.0. The molecule has 3 aromatic rings. The normalized spacial score (nSPS) is 14.2. The Bertz CT molecular complexity index is 1200. The molecule has 4 N–H and O–H groups in total. The zero-order valence-corrected chi connectivity index (χ0v) is 19.7. The van der Waals surface area contributed by atoms with Crippen LogP contribution in [0.4, 0.5) is 10.1 Å². The van der Waals surface area contributed by atoms with E-state index in [1.807, 2.05) is 22.6 Å². The van der Waals surface area contributed by atoms with Gasteiger partial charge in [0.25, 0.3) is 0 Å². The Morgan fingerprint density at radius 2 is 2.00 bits per heavy atom. The van der Waals surface area contributed by atoms with Crippen LogP contribution in [0.5, 0.6) is 11.6 Å². The van der Waals surface area contributed by atoms with Crippen LogP contribution in [0.3, 0.4) is 0 Å². The molecule has 1 saturated carbocycles. The fraction of sp³-hybridized carbons (Fsp3) is 0.304. The van der Waals surface area contributed by atoms with E-state index in [1.165, 1.54) is 12.1 Å². The van der Waals surface area contributed by atoms with Gasteiger partial charge in [-0.25, -0.2) is 9.18 Å². The third-order valence-corrected chi connectivity index (χ3v) is 6.13. The quantitative estimate of drug-likeness (QED) is 0.295. The number of aromatic nitrogens is 2. The predicted molar refractivity (Wildman–Crippen MR) is 129 cm³/mol. The van der Waals surface area contributed by atoms with E-state index in [1.54, 1.807) is 30.3 Å². The number of carbonyl (C=O) groups excluding carboxylic acids is 1. The average molecular weight is 567 g/mol. The molecule has 0 radical (unpaired) electrons. The van der Waals surface area contributed by atoms with Crippen LogP contribution in [0.2, 0.25) is 0 Å². The first kappa shape index (κ1) is 23.3. The summed E-state index contributed by atoms with van der Waals surface area (Å²) in [5, 5.41) is 22.3. The Labute approximate surface area is 202 Å². The number of H-pyrrole nitrogens is 1. The number of carbonyl (C=O) groups is 1. The minimum absolute atomic E-state index is 0.0166. The number of rotatable bonds is 9. The molecule has 1 aliphatic carbocycles. The Morgan fingerprint density at radius 1 is 1.27 bits per heavy atom. The minimum atomic E-state index is -0.999. The lowest BCUT2D eigenvalue weighted by atomic mass is 10.1. The van der Waals surface area contributed by atoms with Gasteiger partial charge >= 0.3 is 5.69 Å². The van der Waals surface area contributed by atoms with Crippen LogP contribution in [0, 0.1) is 15.3 Å². The Morgan fingerprint density at radius 3 is 2.64 bits per heavy atom. The van der Waals surface area contributed by atoms with E-state index < -0.39 is 23.5 Å². The van der Waals surface area contributed by atoms with Crippen molar-refractivity contribution in [1.82, 2.24) is 9.55 Å². The maximum Gasteiger partial charge on any atom is 0.329 e. The Hall–Kier alpha value is -2.86. The van der Waals surface area contributed by atoms with Crippen LogP contribution in [-0.4, -0.2) is 38.9 Å². The van der Waals surface area contributed by atoms with E-state index in [-0.39, 0.29) is 36.4 Å². The molecule has 1 aliphatic rings.